The molecule has 4 fully saturated rings. The van der Waals surface area contributed by atoms with Crippen molar-refractivity contribution in [2.45, 2.75) is 5.54 Å². The van der Waals surface area contributed by atoms with Crippen LogP contribution in [0.25, 0.3) is 0 Å². The molecule has 2 unspecified atom stereocenters. The van der Waals surface area contributed by atoms with Crippen LogP contribution in [0.3, 0.4) is 0 Å². The molecule has 4 saturated heterocycles. The summed E-state index contributed by atoms with van der Waals surface area (Å²) < 4.78 is 11.9. The van der Waals surface area contributed by atoms with Gasteiger partial charge in [-0.05, 0) is 53.6 Å². The second-order valence-electron chi connectivity index (χ2n) is 11.1. The molecule has 43 heavy (non-hydrogen) atoms. The molecule has 0 amide bonds. The van der Waals surface area contributed by atoms with Crippen LogP contribution in [0.1, 0.15) is 16.7 Å². The Balaban J connectivity index is 1.20. The zero-order chi connectivity index (χ0) is 29.7. The summed E-state index contributed by atoms with van der Waals surface area (Å²) in [6.07, 6.45) is 0. The van der Waals surface area contributed by atoms with Crippen molar-refractivity contribution in [3.05, 3.63) is 112 Å². The molecule has 4 bridgehead atoms. The standard InChI is InChI=1S/C32H27N5O6/c33-15-21-1-6-27(13-30(21)38)42-25-7-2-22(3-8-25)32(24-16-34-18-35(17-24)20-36(32)19-34)23-4-9-26(10-5-23)43-28-11-12-29(37(40)41)31(39)14-28/h1-14,24,38-39H,16-20H2/t32-/m1/s1. The zero-order valence-corrected chi connectivity index (χ0v) is 23.0. The molecule has 4 aliphatic heterocycles. The molecule has 4 heterocycles. The van der Waals surface area contributed by atoms with E-state index in [0.29, 0.717) is 28.9 Å². The Hall–Kier alpha value is -5.15. The number of phenols is 2. The van der Waals surface area contributed by atoms with Gasteiger partial charge in [0.25, 0.3) is 0 Å². The topological polar surface area (TPSA) is 136 Å². The number of phenolic OH excluding ortho intramolecular Hbond substituents is 2. The number of nitriles is 1. The number of nitro benzene ring substituents is 1. The van der Waals surface area contributed by atoms with E-state index in [0.717, 1.165) is 44.2 Å². The van der Waals surface area contributed by atoms with E-state index >= 15 is 0 Å². The molecule has 4 aromatic rings. The Morgan fingerprint density at radius 3 is 1.74 bits per heavy atom. The van der Waals surface area contributed by atoms with E-state index in [1.807, 2.05) is 30.3 Å². The molecule has 11 heteroatoms. The van der Waals surface area contributed by atoms with Gasteiger partial charge in [0, 0.05) is 37.2 Å². The Labute approximate surface area is 247 Å². The highest BCUT2D eigenvalue weighted by atomic mass is 16.6. The second-order valence-corrected chi connectivity index (χ2v) is 11.1. The Bertz CT molecular complexity index is 1720. The van der Waals surface area contributed by atoms with Crippen molar-refractivity contribution in [1.29, 1.82) is 5.26 Å². The van der Waals surface area contributed by atoms with E-state index in [1.165, 1.54) is 30.3 Å². The number of benzene rings is 4. The summed E-state index contributed by atoms with van der Waals surface area (Å²) in [6, 6.07) is 26.4. The summed E-state index contributed by atoms with van der Waals surface area (Å²) in [4.78, 5) is 17.8. The number of hydrogen-bond acceptors (Lipinski definition) is 10. The summed E-state index contributed by atoms with van der Waals surface area (Å²) >= 11 is 0. The fourth-order valence-corrected chi connectivity index (χ4v) is 6.78. The Kier molecular flexibility index (Phi) is 6.40. The van der Waals surface area contributed by atoms with Crippen molar-refractivity contribution in [1.82, 2.24) is 14.7 Å². The van der Waals surface area contributed by atoms with Crippen LogP contribution in [0.2, 0.25) is 0 Å². The molecule has 8 rings (SSSR count). The number of nitrogens with zero attached hydrogens (tertiary/aromatic N) is 5. The molecule has 4 aromatic carbocycles. The summed E-state index contributed by atoms with van der Waals surface area (Å²) in [7, 11) is 0. The highest BCUT2D eigenvalue weighted by Gasteiger charge is 2.56. The summed E-state index contributed by atoms with van der Waals surface area (Å²) in [6.45, 7) is 4.60. The van der Waals surface area contributed by atoms with Crippen molar-refractivity contribution in [3.8, 4) is 40.6 Å². The number of nitro groups is 1. The molecular formula is C32H27N5O6. The molecule has 2 N–H and O–H groups in total. The number of rotatable bonds is 7. The molecule has 3 atom stereocenters. The SMILES string of the molecule is N#Cc1ccc(Oc2ccc([C@@]3(c4ccc(Oc5ccc([N+](=O)[O-])c(O)c5)cc4)C4CN5CN(C4)CN3C5)cc2)cc1O. The molecule has 216 valence electrons. The molecule has 4 aliphatic rings. The van der Waals surface area contributed by atoms with Crippen LogP contribution in [0.4, 0.5) is 5.69 Å². The van der Waals surface area contributed by atoms with Gasteiger partial charge in [0.1, 0.15) is 34.8 Å². The predicted molar refractivity (Wildman–Crippen MR) is 155 cm³/mol. The molecule has 0 spiro atoms. The van der Waals surface area contributed by atoms with Gasteiger partial charge in [-0.2, -0.15) is 5.26 Å². The fraction of sp³-hybridized carbons (Fsp3) is 0.219. The van der Waals surface area contributed by atoms with Gasteiger partial charge >= 0.3 is 5.69 Å². The zero-order valence-electron chi connectivity index (χ0n) is 23.0. The maximum absolute atomic E-state index is 11.0. The lowest BCUT2D eigenvalue weighted by Crippen LogP contribution is -2.76. The predicted octanol–water partition coefficient (Wildman–Crippen LogP) is 5.14. The van der Waals surface area contributed by atoms with Crippen LogP contribution in [0.5, 0.6) is 34.5 Å². The largest absolute Gasteiger partial charge is 0.506 e. The fourth-order valence-electron chi connectivity index (χ4n) is 6.78. The van der Waals surface area contributed by atoms with Crippen LogP contribution in [0, 0.1) is 27.4 Å². The van der Waals surface area contributed by atoms with Crippen molar-refractivity contribution >= 4 is 5.69 Å². The van der Waals surface area contributed by atoms with Gasteiger partial charge in [-0.3, -0.25) is 24.8 Å². The van der Waals surface area contributed by atoms with Gasteiger partial charge in [0.15, 0.2) is 5.75 Å². The third-order valence-corrected chi connectivity index (χ3v) is 8.48. The second kappa shape index (κ2) is 10.3. The Morgan fingerprint density at radius 2 is 1.28 bits per heavy atom. The summed E-state index contributed by atoms with van der Waals surface area (Å²) in [5.41, 5.74) is 1.70. The van der Waals surface area contributed by atoms with Crippen molar-refractivity contribution in [3.63, 3.8) is 0 Å². The van der Waals surface area contributed by atoms with Crippen LogP contribution >= 0.6 is 0 Å². The maximum Gasteiger partial charge on any atom is 0.310 e. The van der Waals surface area contributed by atoms with Gasteiger partial charge in [-0.1, -0.05) is 24.3 Å². The minimum Gasteiger partial charge on any atom is -0.506 e. The average molecular weight is 578 g/mol. The molecule has 0 aromatic heterocycles. The number of aromatic hydroxyl groups is 2. The van der Waals surface area contributed by atoms with Crippen LogP contribution in [0.15, 0.2) is 84.9 Å². The van der Waals surface area contributed by atoms with E-state index in [-0.39, 0.29) is 22.5 Å². The van der Waals surface area contributed by atoms with E-state index < -0.39 is 10.7 Å². The highest BCUT2D eigenvalue weighted by Crippen LogP contribution is 2.50. The maximum atomic E-state index is 11.0. The quantitative estimate of drug-likeness (QED) is 0.224. The van der Waals surface area contributed by atoms with Crippen molar-refractivity contribution in [2.75, 3.05) is 33.1 Å². The van der Waals surface area contributed by atoms with Crippen molar-refractivity contribution in [2.24, 2.45) is 5.92 Å². The summed E-state index contributed by atoms with van der Waals surface area (Å²) in [5.74, 6) is 1.64. The van der Waals surface area contributed by atoms with Gasteiger partial charge in [-0.25, -0.2) is 0 Å². The van der Waals surface area contributed by atoms with Crippen LogP contribution < -0.4 is 9.47 Å². The lowest BCUT2D eigenvalue weighted by Gasteiger charge is -2.65. The van der Waals surface area contributed by atoms with E-state index in [4.69, 9.17) is 14.7 Å². The van der Waals surface area contributed by atoms with Crippen LogP contribution in [-0.2, 0) is 5.54 Å². The van der Waals surface area contributed by atoms with Crippen LogP contribution in [-0.4, -0.2) is 62.9 Å². The molecular weight excluding hydrogens is 550 g/mol. The number of ether oxygens (including phenoxy) is 2. The Morgan fingerprint density at radius 1 is 0.767 bits per heavy atom. The monoisotopic (exact) mass is 577 g/mol. The molecule has 0 radical (unpaired) electrons. The first-order valence-electron chi connectivity index (χ1n) is 13.8. The third kappa shape index (κ3) is 4.58. The van der Waals surface area contributed by atoms with E-state index in [2.05, 4.69) is 39.0 Å². The van der Waals surface area contributed by atoms with Gasteiger partial charge in [0.05, 0.1) is 36.0 Å². The van der Waals surface area contributed by atoms with Gasteiger partial charge in [-0.15, -0.1) is 0 Å². The van der Waals surface area contributed by atoms with Crippen molar-refractivity contribution < 1.29 is 24.6 Å². The van der Waals surface area contributed by atoms with E-state index in [9.17, 15) is 20.3 Å². The smallest absolute Gasteiger partial charge is 0.310 e. The first-order chi connectivity index (χ1) is 20.8. The summed E-state index contributed by atoms with van der Waals surface area (Å²) in [5, 5.41) is 40.2. The normalized spacial score (nSPS) is 25.2. The average Bonchev–Trinajstić information content (AvgIpc) is 2.98. The lowest BCUT2D eigenvalue weighted by molar-refractivity contribution is -0.385. The minimum absolute atomic E-state index is 0.125. The molecule has 0 saturated carbocycles. The minimum atomic E-state index is -0.641. The van der Waals surface area contributed by atoms with E-state index in [1.54, 1.807) is 6.07 Å². The molecule has 0 aliphatic carbocycles. The first kappa shape index (κ1) is 26.7. The van der Waals surface area contributed by atoms with Gasteiger partial charge < -0.3 is 19.7 Å². The highest BCUT2D eigenvalue weighted by molar-refractivity contribution is 5.52. The molecule has 11 nitrogen and oxygen atoms in total. The third-order valence-electron chi connectivity index (χ3n) is 8.48. The van der Waals surface area contributed by atoms with Gasteiger partial charge in [0.2, 0.25) is 0 Å². The lowest BCUT2D eigenvalue weighted by atomic mass is 9.68. The number of hydrogen-bond donors (Lipinski definition) is 2. The first-order valence-corrected chi connectivity index (χ1v) is 13.8.